The highest BCUT2D eigenvalue weighted by Crippen LogP contribution is 2.11. The topological polar surface area (TPSA) is 12.0 Å². The van der Waals surface area contributed by atoms with Crippen LogP contribution in [0.1, 0.15) is 25.8 Å². The first-order chi connectivity index (χ1) is 7.13. The van der Waals surface area contributed by atoms with Crippen molar-refractivity contribution in [2.24, 2.45) is 5.92 Å². The quantitative estimate of drug-likeness (QED) is 0.786. The van der Waals surface area contributed by atoms with Crippen molar-refractivity contribution in [2.75, 3.05) is 7.05 Å². The zero-order valence-electron chi connectivity index (χ0n) is 9.76. The van der Waals surface area contributed by atoms with Gasteiger partial charge in [-0.1, -0.05) is 26.0 Å². The fraction of sp³-hybridized carbons (Fsp3) is 0.538. The first-order valence-electron chi connectivity index (χ1n) is 5.55. The Kier molecular flexibility index (Phi) is 4.76. The molecule has 1 atom stereocenters. The van der Waals surface area contributed by atoms with Crippen molar-refractivity contribution in [3.63, 3.8) is 0 Å². The summed E-state index contributed by atoms with van der Waals surface area (Å²) in [4.78, 5) is 0. The summed E-state index contributed by atoms with van der Waals surface area (Å²) in [5, 5.41) is 3.31. The first-order valence-corrected chi connectivity index (χ1v) is 5.55. The molecule has 0 aliphatic rings. The van der Waals surface area contributed by atoms with Gasteiger partial charge in [0.05, 0.1) is 0 Å². The Morgan fingerprint density at radius 3 is 2.27 bits per heavy atom. The van der Waals surface area contributed by atoms with Gasteiger partial charge in [0.15, 0.2) is 0 Å². The van der Waals surface area contributed by atoms with Crippen molar-refractivity contribution >= 4 is 0 Å². The third-order valence-electron chi connectivity index (χ3n) is 2.83. The molecule has 15 heavy (non-hydrogen) atoms. The highest BCUT2D eigenvalue weighted by Gasteiger charge is 2.10. The molecular weight excluding hydrogens is 189 g/mol. The molecular formula is C13H20FN. The average molecular weight is 209 g/mol. The van der Waals surface area contributed by atoms with E-state index in [1.54, 1.807) is 0 Å². The molecule has 0 saturated carbocycles. The van der Waals surface area contributed by atoms with Crippen LogP contribution in [0.3, 0.4) is 0 Å². The van der Waals surface area contributed by atoms with Gasteiger partial charge >= 0.3 is 0 Å². The predicted octanol–water partition coefficient (Wildman–Crippen LogP) is 3.00. The predicted molar refractivity (Wildman–Crippen MR) is 62.4 cm³/mol. The molecule has 0 aromatic heterocycles. The second kappa shape index (κ2) is 5.86. The van der Waals surface area contributed by atoms with Gasteiger partial charge in [-0.25, -0.2) is 4.39 Å². The number of aryl methyl sites for hydroxylation is 1. The number of hydrogen-bond donors (Lipinski definition) is 1. The Morgan fingerprint density at radius 2 is 1.80 bits per heavy atom. The summed E-state index contributed by atoms with van der Waals surface area (Å²) in [6, 6.07) is 7.32. The maximum Gasteiger partial charge on any atom is 0.123 e. The van der Waals surface area contributed by atoms with Gasteiger partial charge in [0.1, 0.15) is 5.82 Å². The van der Waals surface area contributed by atoms with Crippen LogP contribution in [0.2, 0.25) is 0 Å². The molecule has 0 aliphatic carbocycles. The lowest BCUT2D eigenvalue weighted by Gasteiger charge is -2.19. The van der Waals surface area contributed by atoms with Crippen molar-refractivity contribution in [3.05, 3.63) is 35.6 Å². The Hall–Kier alpha value is -0.890. The summed E-state index contributed by atoms with van der Waals surface area (Å²) in [7, 11) is 2.00. The van der Waals surface area contributed by atoms with Crippen molar-refractivity contribution in [3.8, 4) is 0 Å². The summed E-state index contributed by atoms with van der Waals surface area (Å²) in [6.07, 6.45) is 2.10. The normalized spacial score (nSPS) is 13.1. The van der Waals surface area contributed by atoms with Gasteiger partial charge in [0.25, 0.3) is 0 Å². The molecule has 0 radical (unpaired) electrons. The second-order valence-corrected chi connectivity index (χ2v) is 4.30. The Balaban J connectivity index is 2.45. The van der Waals surface area contributed by atoms with E-state index in [0.717, 1.165) is 12.8 Å². The lowest BCUT2D eigenvalue weighted by atomic mass is 9.97. The van der Waals surface area contributed by atoms with Gasteiger partial charge in [-0.2, -0.15) is 0 Å². The summed E-state index contributed by atoms with van der Waals surface area (Å²) in [5.41, 5.74) is 1.21. The van der Waals surface area contributed by atoms with Crippen LogP contribution in [-0.2, 0) is 6.42 Å². The summed E-state index contributed by atoms with van der Waals surface area (Å²) >= 11 is 0. The number of halogens is 1. The average Bonchev–Trinajstić information content (AvgIpc) is 2.21. The molecule has 0 fully saturated rings. The minimum absolute atomic E-state index is 0.159. The van der Waals surface area contributed by atoms with Crippen LogP contribution < -0.4 is 5.32 Å². The van der Waals surface area contributed by atoms with Gasteiger partial charge in [0.2, 0.25) is 0 Å². The van der Waals surface area contributed by atoms with Crippen LogP contribution in [0.25, 0.3) is 0 Å². The minimum Gasteiger partial charge on any atom is -0.317 e. The lowest BCUT2D eigenvalue weighted by Crippen LogP contribution is -2.30. The van der Waals surface area contributed by atoms with Crippen molar-refractivity contribution < 1.29 is 4.39 Å². The van der Waals surface area contributed by atoms with Crippen LogP contribution in [0, 0.1) is 11.7 Å². The molecule has 0 spiro atoms. The molecule has 1 nitrogen and oxygen atoms in total. The monoisotopic (exact) mass is 209 g/mol. The molecule has 1 aromatic carbocycles. The Labute approximate surface area is 91.7 Å². The fourth-order valence-electron chi connectivity index (χ4n) is 1.78. The van der Waals surface area contributed by atoms with E-state index in [0.29, 0.717) is 12.0 Å². The smallest absolute Gasteiger partial charge is 0.123 e. The van der Waals surface area contributed by atoms with Gasteiger partial charge in [-0.15, -0.1) is 0 Å². The highest BCUT2D eigenvalue weighted by molar-refractivity contribution is 5.16. The van der Waals surface area contributed by atoms with Crippen LogP contribution in [0.4, 0.5) is 4.39 Å². The molecule has 1 rings (SSSR count). The maximum absolute atomic E-state index is 12.7. The molecule has 1 N–H and O–H groups in total. The van der Waals surface area contributed by atoms with E-state index >= 15 is 0 Å². The fourth-order valence-corrected chi connectivity index (χ4v) is 1.78. The minimum atomic E-state index is -0.159. The maximum atomic E-state index is 12.7. The highest BCUT2D eigenvalue weighted by atomic mass is 19.1. The van der Waals surface area contributed by atoms with Crippen LogP contribution in [0.15, 0.2) is 24.3 Å². The zero-order valence-corrected chi connectivity index (χ0v) is 9.76. The molecule has 0 saturated heterocycles. The van der Waals surface area contributed by atoms with Crippen LogP contribution in [-0.4, -0.2) is 13.1 Å². The van der Waals surface area contributed by atoms with E-state index in [1.165, 1.54) is 17.7 Å². The van der Waals surface area contributed by atoms with Crippen molar-refractivity contribution in [2.45, 2.75) is 32.7 Å². The van der Waals surface area contributed by atoms with E-state index in [9.17, 15) is 4.39 Å². The molecule has 0 aliphatic heterocycles. The van der Waals surface area contributed by atoms with Crippen molar-refractivity contribution in [1.82, 2.24) is 5.32 Å². The third-order valence-corrected chi connectivity index (χ3v) is 2.83. The van der Waals surface area contributed by atoms with Crippen LogP contribution >= 0.6 is 0 Å². The molecule has 84 valence electrons. The summed E-state index contributed by atoms with van der Waals surface area (Å²) in [5.74, 6) is 0.475. The Bertz CT molecular complexity index is 279. The van der Waals surface area contributed by atoms with E-state index < -0.39 is 0 Å². The van der Waals surface area contributed by atoms with Gasteiger partial charge in [-0.3, -0.25) is 0 Å². The van der Waals surface area contributed by atoms with E-state index in [1.807, 2.05) is 19.2 Å². The second-order valence-electron chi connectivity index (χ2n) is 4.30. The number of rotatable bonds is 5. The molecule has 1 unspecified atom stereocenters. The van der Waals surface area contributed by atoms with E-state index in [4.69, 9.17) is 0 Å². The molecule has 2 heteroatoms. The number of nitrogens with one attached hydrogen (secondary N) is 1. The molecule has 0 heterocycles. The largest absolute Gasteiger partial charge is 0.317 e. The summed E-state index contributed by atoms with van der Waals surface area (Å²) < 4.78 is 12.7. The Morgan fingerprint density at radius 1 is 1.20 bits per heavy atom. The zero-order chi connectivity index (χ0) is 11.3. The van der Waals surface area contributed by atoms with Crippen LogP contribution in [0.5, 0.6) is 0 Å². The molecule has 1 aromatic rings. The number of benzene rings is 1. The van der Waals surface area contributed by atoms with E-state index in [2.05, 4.69) is 19.2 Å². The first kappa shape index (κ1) is 12.2. The SMILES string of the molecule is CNC(CCc1ccc(F)cc1)C(C)C. The third kappa shape index (κ3) is 4.00. The van der Waals surface area contributed by atoms with E-state index in [-0.39, 0.29) is 5.82 Å². The van der Waals surface area contributed by atoms with Gasteiger partial charge in [0, 0.05) is 6.04 Å². The lowest BCUT2D eigenvalue weighted by molar-refractivity contribution is 0.403. The standard InChI is InChI=1S/C13H20FN/c1-10(2)13(15-3)9-6-11-4-7-12(14)8-5-11/h4-5,7-8,10,13,15H,6,9H2,1-3H3. The van der Waals surface area contributed by atoms with Gasteiger partial charge in [-0.05, 0) is 43.5 Å². The summed E-state index contributed by atoms with van der Waals surface area (Å²) in [6.45, 7) is 4.43. The van der Waals surface area contributed by atoms with Crippen molar-refractivity contribution in [1.29, 1.82) is 0 Å². The van der Waals surface area contributed by atoms with Gasteiger partial charge < -0.3 is 5.32 Å². The number of hydrogen-bond acceptors (Lipinski definition) is 1. The molecule has 0 amide bonds. The molecule has 0 bridgehead atoms.